The number of hydrogen-bond donors (Lipinski definition) is 3. The van der Waals surface area contributed by atoms with Gasteiger partial charge in [-0.05, 0) is 31.9 Å². The molecule has 1 atom stereocenters. The maximum Gasteiger partial charge on any atom is 0.191 e. The Bertz CT molecular complexity index is 449. The van der Waals surface area contributed by atoms with Crippen molar-refractivity contribution in [1.29, 1.82) is 0 Å². The van der Waals surface area contributed by atoms with Crippen molar-refractivity contribution in [2.24, 2.45) is 4.99 Å². The highest BCUT2D eigenvalue weighted by Crippen LogP contribution is 2.27. The molecule has 1 aromatic rings. The molecule has 1 unspecified atom stereocenters. The van der Waals surface area contributed by atoms with Gasteiger partial charge in [0, 0.05) is 17.5 Å². The number of aliphatic imine (C=N–C) groups is 1. The van der Waals surface area contributed by atoms with E-state index < -0.39 is 6.10 Å². The van der Waals surface area contributed by atoms with E-state index >= 15 is 0 Å². The van der Waals surface area contributed by atoms with E-state index in [2.05, 4.69) is 15.6 Å². The summed E-state index contributed by atoms with van der Waals surface area (Å²) < 4.78 is 0.694. The van der Waals surface area contributed by atoms with Crippen molar-refractivity contribution in [2.45, 2.75) is 44.8 Å². The molecule has 0 bridgehead atoms. The van der Waals surface area contributed by atoms with Crippen LogP contribution in [0.2, 0.25) is 4.34 Å². The first-order valence-electron chi connectivity index (χ1n) is 7.17. The Balaban J connectivity index is 0.00000220. The summed E-state index contributed by atoms with van der Waals surface area (Å²) in [5.74, 6) is 0.793. The van der Waals surface area contributed by atoms with Gasteiger partial charge in [0.15, 0.2) is 5.96 Å². The Hall–Kier alpha value is -0.0500. The Morgan fingerprint density at radius 3 is 2.76 bits per heavy atom. The third-order valence-corrected chi connectivity index (χ3v) is 4.72. The molecule has 1 heterocycles. The third kappa shape index (κ3) is 6.30. The summed E-state index contributed by atoms with van der Waals surface area (Å²) in [5, 5.41) is 16.8. The van der Waals surface area contributed by atoms with Crippen molar-refractivity contribution in [2.75, 3.05) is 13.1 Å². The van der Waals surface area contributed by atoms with Crippen molar-refractivity contribution >= 4 is 52.9 Å². The Labute approximate surface area is 152 Å². The van der Waals surface area contributed by atoms with Gasteiger partial charge in [-0.1, -0.05) is 24.4 Å². The zero-order valence-corrected chi connectivity index (χ0v) is 16.0. The second-order valence-corrected chi connectivity index (χ2v) is 6.75. The molecular formula is C14H23ClIN3OS. The summed E-state index contributed by atoms with van der Waals surface area (Å²) in [5.41, 5.74) is 0. The van der Waals surface area contributed by atoms with E-state index in [4.69, 9.17) is 11.6 Å². The summed E-state index contributed by atoms with van der Waals surface area (Å²) in [6, 6.07) is 4.17. The Kier molecular flexibility index (Phi) is 8.92. The van der Waals surface area contributed by atoms with Crippen LogP contribution in [0.15, 0.2) is 17.1 Å². The van der Waals surface area contributed by atoms with Gasteiger partial charge < -0.3 is 15.7 Å². The van der Waals surface area contributed by atoms with Gasteiger partial charge in [0.1, 0.15) is 6.10 Å². The fourth-order valence-electron chi connectivity index (χ4n) is 2.36. The number of aliphatic hydroxyl groups is 1. The van der Waals surface area contributed by atoms with E-state index in [0.717, 1.165) is 17.4 Å². The smallest absolute Gasteiger partial charge is 0.191 e. The lowest BCUT2D eigenvalue weighted by molar-refractivity contribution is 0.191. The average Bonchev–Trinajstić information content (AvgIpc) is 3.07. The van der Waals surface area contributed by atoms with Gasteiger partial charge in [-0.25, -0.2) is 0 Å². The van der Waals surface area contributed by atoms with Gasteiger partial charge in [-0.15, -0.1) is 35.3 Å². The molecule has 120 valence electrons. The molecular weight excluding hydrogens is 421 g/mol. The predicted molar refractivity (Wildman–Crippen MR) is 101 cm³/mol. The molecule has 0 aliphatic heterocycles. The van der Waals surface area contributed by atoms with Crippen LogP contribution < -0.4 is 10.6 Å². The fourth-order valence-corrected chi connectivity index (χ4v) is 3.40. The van der Waals surface area contributed by atoms with Crippen LogP contribution in [-0.2, 0) is 0 Å². The molecule has 1 aliphatic carbocycles. The average molecular weight is 444 g/mol. The van der Waals surface area contributed by atoms with E-state index in [0.29, 0.717) is 16.9 Å². The van der Waals surface area contributed by atoms with E-state index in [1.165, 1.54) is 37.0 Å². The maximum atomic E-state index is 10.1. The predicted octanol–water partition coefficient (Wildman–Crippen LogP) is 3.55. The molecule has 2 rings (SSSR count). The number of halogens is 2. The molecule has 4 nitrogen and oxygen atoms in total. The zero-order chi connectivity index (χ0) is 14.4. The summed E-state index contributed by atoms with van der Waals surface area (Å²) in [4.78, 5) is 5.33. The van der Waals surface area contributed by atoms with Gasteiger partial charge in [-0.3, -0.25) is 4.99 Å². The van der Waals surface area contributed by atoms with Crippen LogP contribution in [0, 0.1) is 0 Å². The van der Waals surface area contributed by atoms with Crippen LogP contribution >= 0.6 is 46.9 Å². The van der Waals surface area contributed by atoms with Crippen LogP contribution in [0.5, 0.6) is 0 Å². The lowest BCUT2D eigenvalue weighted by Crippen LogP contribution is -2.42. The quantitative estimate of drug-likeness (QED) is 0.371. The largest absolute Gasteiger partial charge is 0.386 e. The molecule has 1 fully saturated rings. The van der Waals surface area contributed by atoms with Gasteiger partial charge in [0.25, 0.3) is 0 Å². The van der Waals surface area contributed by atoms with E-state index in [1.54, 1.807) is 6.07 Å². The standard InChI is InChI=1S/C14H22ClN3OS.HI/c1-2-16-14(18-10-5-3-4-6-10)17-9-11(19)12-7-8-13(15)20-12;/h7-8,10-11,19H,2-6,9H2,1H3,(H2,16,17,18);1H. The molecule has 7 heteroatoms. The number of nitrogens with one attached hydrogen (secondary N) is 2. The molecule has 3 N–H and O–H groups in total. The Morgan fingerprint density at radius 1 is 1.48 bits per heavy atom. The van der Waals surface area contributed by atoms with E-state index in [-0.39, 0.29) is 24.0 Å². The second kappa shape index (κ2) is 9.86. The molecule has 0 amide bonds. The molecule has 0 spiro atoms. The Morgan fingerprint density at radius 2 is 2.19 bits per heavy atom. The minimum atomic E-state index is -0.591. The number of rotatable bonds is 5. The van der Waals surface area contributed by atoms with Crippen LogP contribution in [0.4, 0.5) is 0 Å². The van der Waals surface area contributed by atoms with Gasteiger partial charge in [0.2, 0.25) is 0 Å². The topological polar surface area (TPSA) is 56.7 Å². The summed E-state index contributed by atoms with van der Waals surface area (Å²) in [7, 11) is 0. The first-order valence-corrected chi connectivity index (χ1v) is 8.36. The molecule has 1 aromatic heterocycles. The number of nitrogens with zero attached hydrogens (tertiary/aromatic N) is 1. The number of thiophene rings is 1. The fraction of sp³-hybridized carbons (Fsp3) is 0.643. The van der Waals surface area contributed by atoms with Gasteiger partial charge in [0.05, 0.1) is 10.9 Å². The highest BCUT2D eigenvalue weighted by atomic mass is 127. The normalized spacial score (nSPS) is 17.4. The second-order valence-electron chi connectivity index (χ2n) is 5.00. The van der Waals surface area contributed by atoms with Crippen molar-refractivity contribution in [3.63, 3.8) is 0 Å². The summed E-state index contributed by atoms with van der Waals surface area (Å²) in [6.45, 7) is 3.21. The molecule has 0 radical (unpaired) electrons. The minimum absolute atomic E-state index is 0. The highest BCUT2D eigenvalue weighted by molar-refractivity contribution is 14.0. The monoisotopic (exact) mass is 443 g/mol. The van der Waals surface area contributed by atoms with E-state index in [9.17, 15) is 5.11 Å². The molecule has 21 heavy (non-hydrogen) atoms. The van der Waals surface area contributed by atoms with Crippen molar-refractivity contribution in [3.05, 3.63) is 21.3 Å². The first-order chi connectivity index (χ1) is 9.69. The molecule has 1 saturated carbocycles. The minimum Gasteiger partial charge on any atom is -0.386 e. The lowest BCUT2D eigenvalue weighted by Gasteiger charge is -2.17. The first kappa shape index (κ1) is 19.0. The molecule has 0 saturated heterocycles. The SMILES string of the molecule is CCNC(=NCC(O)c1ccc(Cl)s1)NC1CCCC1.I. The highest BCUT2D eigenvalue weighted by Gasteiger charge is 2.16. The van der Waals surface area contributed by atoms with Crippen LogP contribution in [0.25, 0.3) is 0 Å². The van der Waals surface area contributed by atoms with Crippen LogP contribution in [0.3, 0.4) is 0 Å². The molecule has 0 aromatic carbocycles. The van der Waals surface area contributed by atoms with Crippen LogP contribution in [-0.4, -0.2) is 30.2 Å². The number of guanidine groups is 1. The molecule has 1 aliphatic rings. The van der Waals surface area contributed by atoms with Gasteiger partial charge in [-0.2, -0.15) is 0 Å². The van der Waals surface area contributed by atoms with Crippen molar-refractivity contribution in [1.82, 2.24) is 10.6 Å². The summed E-state index contributed by atoms with van der Waals surface area (Å²) in [6.07, 6.45) is 4.38. The van der Waals surface area contributed by atoms with Crippen LogP contribution in [0.1, 0.15) is 43.6 Å². The lowest BCUT2D eigenvalue weighted by atomic mass is 10.2. The van der Waals surface area contributed by atoms with Crippen molar-refractivity contribution in [3.8, 4) is 0 Å². The summed E-state index contributed by atoms with van der Waals surface area (Å²) >= 11 is 7.28. The van der Waals surface area contributed by atoms with Crippen molar-refractivity contribution < 1.29 is 5.11 Å². The van der Waals surface area contributed by atoms with E-state index in [1.807, 2.05) is 13.0 Å². The maximum absolute atomic E-state index is 10.1. The zero-order valence-electron chi connectivity index (χ0n) is 12.1. The third-order valence-electron chi connectivity index (χ3n) is 3.38. The van der Waals surface area contributed by atoms with Gasteiger partial charge >= 0.3 is 0 Å². The number of aliphatic hydroxyl groups excluding tert-OH is 1. The number of hydrogen-bond acceptors (Lipinski definition) is 3.